The molecule has 2 heterocycles. The number of aliphatic carboxylic acids is 1. The molecule has 16 heteroatoms. The van der Waals surface area contributed by atoms with Crippen molar-refractivity contribution < 1.29 is 48.3 Å². The van der Waals surface area contributed by atoms with Crippen molar-refractivity contribution in [3.05, 3.63) is 68.9 Å². The first-order valence-corrected chi connectivity index (χ1v) is 35.0. The monoisotopic (exact) mass is 1320 g/mol. The van der Waals surface area contributed by atoms with Crippen LogP contribution in [0.25, 0.3) is 0 Å². The van der Waals surface area contributed by atoms with E-state index in [1.165, 1.54) is 107 Å². The first-order chi connectivity index (χ1) is 42.7. The number of halogens is 1. The van der Waals surface area contributed by atoms with Crippen LogP contribution in [-0.4, -0.2) is 86.4 Å². The van der Waals surface area contributed by atoms with E-state index in [1.54, 1.807) is 0 Å². The molecule has 538 valence electrons. The number of esters is 2. The van der Waals surface area contributed by atoms with Crippen molar-refractivity contribution in [1.82, 2.24) is 10.6 Å². The zero-order chi connectivity index (χ0) is 70.3. The summed E-state index contributed by atoms with van der Waals surface area (Å²) in [6.07, 6.45) is 37.5. The maximum atomic E-state index is 11.2. The summed E-state index contributed by atoms with van der Waals surface area (Å²) in [6, 6.07) is 0. The molecular weight excluding hydrogens is 1180 g/mol. The van der Waals surface area contributed by atoms with Crippen LogP contribution < -0.4 is 16.4 Å². The highest BCUT2D eigenvalue weighted by molar-refractivity contribution is 5.85. The van der Waals surface area contributed by atoms with Crippen LogP contribution in [0.1, 0.15) is 279 Å². The van der Waals surface area contributed by atoms with Crippen LogP contribution in [0, 0.1) is 81.1 Å². The van der Waals surface area contributed by atoms with Gasteiger partial charge < -0.3 is 35.7 Å². The standard InChI is InChI=1S/C14H25NO4.C13H27NO2.C13H25NO.C13H23NO.C13H22O2.C10H18O.ClH/c1-11(2)6-5-7-12(3)8-13(10-15(17)18)9-14(16)19-4;1-10(2)5-4-6-11(3)7-12(9-14)8-13(15)16;2*1-10(2)5-4-6-11(3)7-12-8-13(15)14-9-12;1-11(2)7-5-8-12(3)9-6-10-13(14)15-4;1-9(2)5-4-6-10(3)7-8-11;/h6,12-13H,5,7-10H2,1-4H3;10-12H,4-9,14H2,1-3H3,(H,15,16);10-12H,4-9H2,1-3H3,(H,14,15);5,11-12H,4,6-9H2,1-3H3,(H,14,15);6-7,10,12H,5,8-9H2,1-4H3;5,8,10H,4,6-7H2,1-3H3;1H/b;;;;10-6+;;/t12-,13?;3*11-,12?;12-;10-;/m000000./s1. The molecule has 0 aromatic carbocycles. The molecule has 10 atom stereocenters. The first-order valence-electron chi connectivity index (χ1n) is 35.0. The lowest BCUT2D eigenvalue weighted by Crippen LogP contribution is -2.21. The number of carbonyl (C=O) groups excluding carboxylic acids is 5. The number of rotatable bonds is 40. The van der Waals surface area contributed by atoms with Gasteiger partial charge in [-0.15, -0.1) is 12.4 Å². The second-order valence-electron chi connectivity index (χ2n) is 28.8. The smallest absolute Gasteiger partial charge is 0.330 e. The van der Waals surface area contributed by atoms with E-state index >= 15 is 0 Å². The third-order valence-corrected chi connectivity index (χ3v) is 16.3. The maximum absolute atomic E-state index is 11.2. The minimum Gasteiger partial charge on any atom is -0.481 e. The Hall–Kier alpha value is -4.63. The van der Waals surface area contributed by atoms with Gasteiger partial charge >= 0.3 is 17.9 Å². The summed E-state index contributed by atoms with van der Waals surface area (Å²) >= 11 is 0. The summed E-state index contributed by atoms with van der Waals surface area (Å²) in [5, 5.41) is 25.1. The van der Waals surface area contributed by atoms with Crippen molar-refractivity contribution in [3.8, 4) is 0 Å². The number of nitrogens with two attached hydrogens (primary N) is 1. The summed E-state index contributed by atoms with van der Waals surface area (Å²) in [5.74, 6) is 5.41. The van der Waals surface area contributed by atoms with E-state index in [2.05, 4.69) is 169 Å². The fourth-order valence-electron chi connectivity index (χ4n) is 10.9. The molecular formula is C76H141ClN4O11. The number of nitro groups is 1. The van der Waals surface area contributed by atoms with E-state index in [-0.39, 0.29) is 72.3 Å². The van der Waals surface area contributed by atoms with E-state index in [0.717, 1.165) is 107 Å². The van der Waals surface area contributed by atoms with Crippen LogP contribution >= 0.6 is 12.4 Å². The molecule has 0 bridgehead atoms. The molecule has 2 rings (SSSR count). The van der Waals surface area contributed by atoms with Crippen LogP contribution in [0.2, 0.25) is 0 Å². The molecule has 2 aliphatic heterocycles. The third kappa shape index (κ3) is 71.2. The van der Waals surface area contributed by atoms with E-state index in [4.69, 9.17) is 10.8 Å². The Morgan fingerprint density at radius 2 is 0.957 bits per heavy atom. The number of amides is 2. The van der Waals surface area contributed by atoms with Crippen molar-refractivity contribution in [1.29, 1.82) is 0 Å². The summed E-state index contributed by atoms with van der Waals surface area (Å²) in [5.41, 5.74) is 11.0. The van der Waals surface area contributed by atoms with Gasteiger partial charge in [-0.1, -0.05) is 160 Å². The van der Waals surface area contributed by atoms with E-state index in [1.807, 2.05) is 6.08 Å². The molecule has 0 spiro atoms. The molecule has 2 aliphatic rings. The number of hydrogen-bond acceptors (Lipinski definition) is 11. The van der Waals surface area contributed by atoms with Crippen LogP contribution in [0.5, 0.6) is 0 Å². The molecule has 92 heavy (non-hydrogen) atoms. The molecule has 2 amide bonds. The number of ether oxygens (including phenoxy) is 2. The third-order valence-electron chi connectivity index (χ3n) is 16.3. The molecule has 0 saturated carbocycles. The van der Waals surface area contributed by atoms with E-state index in [9.17, 15) is 38.9 Å². The van der Waals surface area contributed by atoms with Gasteiger partial charge in [0.05, 0.1) is 20.6 Å². The number of aldehydes is 1. The average molecular weight is 1320 g/mol. The largest absolute Gasteiger partial charge is 0.481 e. The molecule has 0 aromatic heterocycles. The number of hydrogen-bond donors (Lipinski definition) is 4. The highest BCUT2D eigenvalue weighted by Gasteiger charge is 2.25. The van der Waals surface area contributed by atoms with Crippen molar-refractivity contribution in [2.75, 3.05) is 40.4 Å². The average Bonchev–Trinajstić information content (AvgIpc) is 4.14. The van der Waals surface area contributed by atoms with Gasteiger partial charge in [-0.3, -0.25) is 29.3 Å². The minimum absolute atomic E-state index is 0. The number of allylic oxidation sites excluding steroid dienone is 9. The van der Waals surface area contributed by atoms with E-state index < -0.39 is 5.97 Å². The van der Waals surface area contributed by atoms with Crippen molar-refractivity contribution in [2.24, 2.45) is 76.7 Å². The summed E-state index contributed by atoms with van der Waals surface area (Å²) in [7, 11) is 2.70. The van der Waals surface area contributed by atoms with Crippen LogP contribution in [-0.2, 0) is 38.2 Å². The molecule has 4 unspecified atom stereocenters. The number of carboxylic acids is 1. The van der Waals surface area contributed by atoms with Gasteiger partial charge in [-0.25, -0.2) is 4.79 Å². The van der Waals surface area contributed by atoms with Gasteiger partial charge in [0.2, 0.25) is 18.4 Å². The van der Waals surface area contributed by atoms with E-state index in [0.29, 0.717) is 54.9 Å². The predicted molar refractivity (Wildman–Crippen MR) is 388 cm³/mol. The van der Waals surface area contributed by atoms with Gasteiger partial charge in [-0.2, -0.15) is 0 Å². The topological polar surface area (TPSA) is 234 Å². The number of carbonyl (C=O) groups is 6. The Bertz CT molecular complexity index is 2070. The Morgan fingerprint density at radius 3 is 1.30 bits per heavy atom. The number of carboxylic acid groups (broad SMARTS) is 1. The quantitative estimate of drug-likeness (QED) is 0.0112. The molecule has 0 aromatic rings. The van der Waals surface area contributed by atoms with Crippen molar-refractivity contribution >= 4 is 48.4 Å². The molecule has 0 radical (unpaired) electrons. The normalized spacial score (nSPS) is 16.3. The van der Waals surface area contributed by atoms with Crippen LogP contribution in [0.3, 0.4) is 0 Å². The second kappa shape index (κ2) is 62.5. The van der Waals surface area contributed by atoms with Gasteiger partial charge in [-0.05, 0) is 211 Å². The van der Waals surface area contributed by atoms with Crippen molar-refractivity contribution in [3.63, 3.8) is 0 Å². The van der Waals surface area contributed by atoms with Crippen LogP contribution in [0.15, 0.2) is 58.7 Å². The number of nitrogens with zero attached hydrogens (tertiary/aromatic N) is 1. The number of nitrogens with one attached hydrogen (secondary N) is 2. The summed E-state index contributed by atoms with van der Waals surface area (Å²) in [6.45, 7) is 41.2. The number of methoxy groups -OCH3 is 2. The SMILES string of the molecule is CC(C)=CCC[C@H](C)CC1CNC(=O)C1.CC(C)=CCC[C@H](C)CC=O.CC(C)CCC[C@H](C)CC(CN)CC(=O)O.CC(C)CCC[C@H](C)CC1CNC(=O)C1.COC(=O)/C=C/C[C@@H](C)CCC=C(C)C.COC(=O)CC(C[C@@H](C)CCC=C(C)C)C[N+](=O)[O-].Cl. The Balaban J connectivity index is -0.000000330. The minimum atomic E-state index is -0.732. The zero-order valence-electron chi connectivity index (χ0n) is 62.2. The highest BCUT2D eigenvalue weighted by Crippen LogP contribution is 2.26. The summed E-state index contributed by atoms with van der Waals surface area (Å²) in [4.78, 5) is 75.0. The molecule has 2 fully saturated rings. The Kier molecular flexibility index (Phi) is 65.2. The lowest BCUT2D eigenvalue weighted by molar-refractivity contribution is -0.488. The highest BCUT2D eigenvalue weighted by atomic mass is 35.5. The molecule has 2 saturated heterocycles. The lowest BCUT2D eigenvalue weighted by Gasteiger charge is -2.18. The second-order valence-corrected chi connectivity index (χ2v) is 28.8. The van der Waals surface area contributed by atoms with Crippen molar-refractivity contribution in [2.45, 2.75) is 279 Å². The lowest BCUT2D eigenvalue weighted by atomic mass is 9.89. The van der Waals surface area contributed by atoms with Gasteiger partial charge in [0.15, 0.2) is 0 Å². The Morgan fingerprint density at radius 1 is 0.576 bits per heavy atom. The first kappa shape index (κ1) is 96.1. The van der Waals surface area contributed by atoms with Gasteiger partial charge in [0.1, 0.15) is 6.29 Å². The fourth-order valence-corrected chi connectivity index (χ4v) is 10.9. The van der Waals surface area contributed by atoms with Crippen LogP contribution in [0.4, 0.5) is 0 Å². The van der Waals surface area contributed by atoms with Gasteiger partial charge in [0, 0.05) is 55.7 Å². The van der Waals surface area contributed by atoms with Gasteiger partial charge in [0.25, 0.3) is 0 Å². The molecule has 0 aliphatic carbocycles. The fraction of sp³-hybridized carbons (Fsp3) is 0.789. The Labute approximate surface area is 569 Å². The molecule has 15 nitrogen and oxygen atoms in total. The zero-order valence-corrected chi connectivity index (χ0v) is 63.0. The maximum Gasteiger partial charge on any atom is 0.330 e. The predicted octanol–water partition coefficient (Wildman–Crippen LogP) is 18.8. The molecule has 5 N–H and O–H groups in total. The summed E-state index contributed by atoms with van der Waals surface area (Å²) < 4.78 is 9.09.